The van der Waals surface area contributed by atoms with Crippen LogP contribution >= 0.6 is 11.3 Å². The maximum absolute atomic E-state index is 5.22. The molecular weight excluding hydrogens is 258 g/mol. The summed E-state index contributed by atoms with van der Waals surface area (Å²) in [5.41, 5.74) is 1.19. The van der Waals surface area contributed by atoms with E-state index in [0.29, 0.717) is 6.04 Å². The van der Waals surface area contributed by atoms with Crippen LogP contribution in [-0.4, -0.2) is 23.3 Å². The van der Waals surface area contributed by atoms with E-state index in [1.165, 1.54) is 5.56 Å². The summed E-state index contributed by atoms with van der Waals surface area (Å²) in [5, 5.41) is 13.8. The number of aromatic nitrogens is 2. The number of methoxy groups -OCH3 is 1. The molecule has 0 bridgehead atoms. The smallest absolute Gasteiger partial charge is 0.131 e. The van der Waals surface area contributed by atoms with Gasteiger partial charge in [-0.2, -0.15) is 0 Å². The molecular formula is C14H19N3OS. The first-order valence-electron chi connectivity index (χ1n) is 6.35. The molecule has 1 N–H and O–H groups in total. The first kappa shape index (κ1) is 14.0. The van der Waals surface area contributed by atoms with Crippen LogP contribution in [-0.2, 0) is 13.0 Å². The van der Waals surface area contributed by atoms with E-state index in [0.717, 1.165) is 28.7 Å². The molecule has 0 spiro atoms. The summed E-state index contributed by atoms with van der Waals surface area (Å²) in [6.45, 7) is 5.03. The van der Waals surface area contributed by atoms with Crippen molar-refractivity contribution in [1.82, 2.24) is 15.5 Å². The van der Waals surface area contributed by atoms with Crippen LogP contribution in [0.4, 0.5) is 0 Å². The summed E-state index contributed by atoms with van der Waals surface area (Å²) in [7, 11) is 1.68. The van der Waals surface area contributed by atoms with Gasteiger partial charge < -0.3 is 10.1 Å². The third-order valence-electron chi connectivity index (χ3n) is 2.66. The number of nitrogens with zero attached hydrogens (tertiary/aromatic N) is 2. The van der Waals surface area contributed by atoms with Crippen LogP contribution in [0.2, 0.25) is 0 Å². The molecule has 19 heavy (non-hydrogen) atoms. The summed E-state index contributed by atoms with van der Waals surface area (Å²) < 4.78 is 5.22. The first-order chi connectivity index (χ1) is 9.17. The highest BCUT2D eigenvalue weighted by Crippen LogP contribution is 2.18. The number of nitrogens with one attached hydrogen (secondary N) is 1. The molecule has 1 aromatic heterocycles. The second-order valence-corrected chi connectivity index (χ2v) is 5.80. The molecule has 0 unspecified atom stereocenters. The van der Waals surface area contributed by atoms with Crippen LogP contribution in [0.1, 0.15) is 29.4 Å². The fraction of sp³-hybridized carbons (Fsp3) is 0.429. The lowest BCUT2D eigenvalue weighted by atomic mass is 10.1. The van der Waals surface area contributed by atoms with Crippen LogP contribution < -0.4 is 10.1 Å². The average Bonchev–Trinajstić information content (AvgIpc) is 2.84. The van der Waals surface area contributed by atoms with Crippen LogP contribution in [0.3, 0.4) is 0 Å². The standard InChI is InChI=1S/C14H19N3OS/c1-10(2)15-9-14-17-16-13(19-14)8-11-5-4-6-12(7-11)18-3/h4-7,10,15H,8-9H2,1-3H3. The van der Waals surface area contributed by atoms with Crippen molar-refractivity contribution >= 4 is 11.3 Å². The molecule has 0 saturated carbocycles. The number of rotatable bonds is 6. The molecule has 0 atom stereocenters. The summed E-state index contributed by atoms with van der Waals surface area (Å²) in [6.07, 6.45) is 0.802. The van der Waals surface area contributed by atoms with Crippen molar-refractivity contribution in [1.29, 1.82) is 0 Å². The van der Waals surface area contributed by atoms with E-state index >= 15 is 0 Å². The zero-order valence-electron chi connectivity index (χ0n) is 11.5. The van der Waals surface area contributed by atoms with Crippen LogP contribution in [0.25, 0.3) is 0 Å². The van der Waals surface area contributed by atoms with Gasteiger partial charge in [0.1, 0.15) is 15.8 Å². The molecule has 2 aromatic rings. The molecule has 0 aliphatic rings. The van der Waals surface area contributed by atoms with Crippen molar-refractivity contribution in [3.05, 3.63) is 39.8 Å². The number of hydrogen-bond acceptors (Lipinski definition) is 5. The Morgan fingerprint density at radius 1 is 1.26 bits per heavy atom. The molecule has 102 valence electrons. The zero-order chi connectivity index (χ0) is 13.7. The molecule has 0 aliphatic carbocycles. The highest BCUT2D eigenvalue weighted by atomic mass is 32.1. The monoisotopic (exact) mass is 277 g/mol. The van der Waals surface area contributed by atoms with Crippen LogP contribution in [0.5, 0.6) is 5.75 Å². The quantitative estimate of drug-likeness (QED) is 0.881. The van der Waals surface area contributed by atoms with Gasteiger partial charge in [0.25, 0.3) is 0 Å². The maximum Gasteiger partial charge on any atom is 0.131 e. The van der Waals surface area contributed by atoms with Gasteiger partial charge in [0.2, 0.25) is 0 Å². The Kier molecular flexibility index (Phi) is 4.87. The molecule has 2 rings (SSSR count). The Morgan fingerprint density at radius 2 is 2.05 bits per heavy atom. The Labute approximate surface area is 117 Å². The van der Waals surface area contributed by atoms with Gasteiger partial charge in [-0.05, 0) is 17.7 Å². The predicted molar refractivity (Wildman–Crippen MR) is 77.7 cm³/mol. The largest absolute Gasteiger partial charge is 0.497 e. The molecule has 5 heteroatoms. The van der Waals surface area contributed by atoms with E-state index in [4.69, 9.17) is 4.74 Å². The van der Waals surface area contributed by atoms with Crippen molar-refractivity contribution in [2.45, 2.75) is 32.9 Å². The molecule has 4 nitrogen and oxygen atoms in total. The molecule has 1 aromatic carbocycles. The lowest BCUT2D eigenvalue weighted by molar-refractivity contribution is 0.414. The van der Waals surface area contributed by atoms with E-state index in [1.54, 1.807) is 18.4 Å². The van der Waals surface area contributed by atoms with E-state index in [2.05, 4.69) is 35.4 Å². The van der Waals surface area contributed by atoms with Crippen molar-refractivity contribution in [3.8, 4) is 5.75 Å². The van der Waals surface area contributed by atoms with Crippen LogP contribution in [0, 0.1) is 0 Å². The normalized spacial score (nSPS) is 10.9. The molecule has 0 amide bonds. The molecule has 0 saturated heterocycles. The van der Waals surface area contributed by atoms with Crippen molar-refractivity contribution < 1.29 is 4.74 Å². The van der Waals surface area contributed by atoms with Gasteiger partial charge in [-0.25, -0.2) is 0 Å². The minimum atomic E-state index is 0.464. The summed E-state index contributed by atoms with van der Waals surface area (Å²) >= 11 is 1.66. The number of hydrogen-bond donors (Lipinski definition) is 1. The van der Waals surface area contributed by atoms with Gasteiger partial charge in [0, 0.05) is 19.0 Å². The maximum atomic E-state index is 5.22. The van der Waals surface area contributed by atoms with Gasteiger partial charge >= 0.3 is 0 Å². The summed E-state index contributed by atoms with van der Waals surface area (Å²) in [6, 6.07) is 8.52. The fourth-order valence-electron chi connectivity index (χ4n) is 1.68. The second kappa shape index (κ2) is 6.63. The zero-order valence-corrected chi connectivity index (χ0v) is 12.3. The van der Waals surface area contributed by atoms with Crippen molar-refractivity contribution in [2.75, 3.05) is 7.11 Å². The van der Waals surface area contributed by atoms with Gasteiger partial charge in [0.15, 0.2) is 0 Å². The highest BCUT2D eigenvalue weighted by molar-refractivity contribution is 7.11. The Hall–Kier alpha value is -1.46. The van der Waals surface area contributed by atoms with Gasteiger partial charge in [0.05, 0.1) is 7.11 Å². The van der Waals surface area contributed by atoms with Crippen molar-refractivity contribution in [2.24, 2.45) is 0 Å². The first-order valence-corrected chi connectivity index (χ1v) is 7.16. The summed E-state index contributed by atoms with van der Waals surface area (Å²) in [5.74, 6) is 0.878. The average molecular weight is 277 g/mol. The van der Waals surface area contributed by atoms with Gasteiger partial charge in [-0.3, -0.25) is 0 Å². The molecule has 0 fully saturated rings. The second-order valence-electron chi connectivity index (χ2n) is 4.65. The van der Waals surface area contributed by atoms with Gasteiger partial charge in [-0.15, -0.1) is 10.2 Å². The Bertz CT molecular complexity index is 525. The van der Waals surface area contributed by atoms with E-state index in [-0.39, 0.29) is 0 Å². The molecule has 1 heterocycles. The number of ether oxygens (including phenoxy) is 1. The van der Waals surface area contributed by atoms with Gasteiger partial charge in [-0.1, -0.05) is 37.3 Å². The number of benzene rings is 1. The molecule has 0 aliphatic heterocycles. The topological polar surface area (TPSA) is 47.0 Å². The van der Waals surface area contributed by atoms with E-state index < -0.39 is 0 Å². The molecule has 0 radical (unpaired) electrons. The lowest BCUT2D eigenvalue weighted by Gasteiger charge is -2.03. The highest BCUT2D eigenvalue weighted by Gasteiger charge is 2.06. The third kappa shape index (κ3) is 4.29. The van der Waals surface area contributed by atoms with Crippen molar-refractivity contribution in [3.63, 3.8) is 0 Å². The third-order valence-corrected chi connectivity index (χ3v) is 3.58. The Morgan fingerprint density at radius 3 is 2.79 bits per heavy atom. The van der Waals surface area contributed by atoms with E-state index in [1.807, 2.05) is 18.2 Å². The minimum absolute atomic E-state index is 0.464. The SMILES string of the molecule is COc1cccc(Cc2nnc(CNC(C)C)s2)c1. The minimum Gasteiger partial charge on any atom is -0.497 e. The van der Waals surface area contributed by atoms with Crippen LogP contribution in [0.15, 0.2) is 24.3 Å². The lowest BCUT2D eigenvalue weighted by Crippen LogP contribution is -2.21. The fourth-order valence-corrected chi connectivity index (χ4v) is 2.51. The predicted octanol–water partition coefficient (Wildman–Crippen LogP) is 2.64. The van der Waals surface area contributed by atoms with E-state index in [9.17, 15) is 0 Å². The Balaban J connectivity index is 1.99. The summed E-state index contributed by atoms with van der Waals surface area (Å²) in [4.78, 5) is 0.